The minimum Gasteiger partial charge on any atom is -0.357 e. The molecule has 0 aromatic carbocycles. The Bertz CT molecular complexity index is 555. The fourth-order valence-corrected chi connectivity index (χ4v) is 2.43. The van der Waals surface area contributed by atoms with Crippen LogP contribution in [0.25, 0.3) is 0 Å². The van der Waals surface area contributed by atoms with Gasteiger partial charge in [0.25, 0.3) is 0 Å². The van der Waals surface area contributed by atoms with Crippen molar-refractivity contribution in [1.82, 2.24) is 25.3 Å². The molecule has 0 aliphatic carbocycles. The average molecular weight is 464 g/mol. The van der Waals surface area contributed by atoms with E-state index in [9.17, 15) is 4.79 Å². The van der Waals surface area contributed by atoms with Crippen LogP contribution < -0.4 is 10.6 Å². The van der Waals surface area contributed by atoms with Crippen molar-refractivity contribution in [2.45, 2.75) is 46.6 Å². The van der Waals surface area contributed by atoms with Gasteiger partial charge in [-0.05, 0) is 19.3 Å². The van der Waals surface area contributed by atoms with E-state index in [0.29, 0.717) is 19.0 Å². The summed E-state index contributed by atoms with van der Waals surface area (Å²) >= 11 is 0. The summed E-state index contributed by atoms with van der Waals surface area (Å²) in [6.07, 6.45) is 2.97. The number of rotatable bonds is 8. The van der Waals surface area contributed by atoms with E-state index in [-0.39, 0.29) is 36.4 Å². The number of hydrogen-bond donors (Lipinski definition) is 2. The molecular formula is C17H33IN6O. The van der Waals surface area contributed by atoms with Crippen LogP contribution >= 0.6 is 24.0 Å². The first kappa shape index (κ1) is 23.7. The number of amides is 1. The predicted molar refractivity (Wildman–Crippen MR) is 113 cm³/mol. The Morgan fingerprint density at radius 3 is 2.60 bits per heavy atom. The highest BCUT2D eigenvalue weighted by Gasteiger charge is 2.15. The lowest BCUT2D eigenvalue weighted by Gasteiger charge is -2.22. The monoisotopic (exact) mass is 464 g/mol. The molecule has 8 heteroatoms. The third kappa shape index (κ3) is 8.06. The standard InChI is InChI=1S/C17H32N6O.HI/c1-7-9-19-15(24)10-20-17(18-8-2)22(5)11-14-12-23(6)21-16(14)13(3)4;/h12-13H,7-11H2,1-6H3,(H,18,20)(H,19,24);1H. The minimum absolute atomic E-state index is 0. The molecule has 0 saturated heterocycles. The number of aromatic nitrogens is 2. The summed E-state index contributed by atoms with van der Waals surface area (Å²) in [6.45, 7) is 10.6. The van der Waals surface area contributed by atoms with Crippen molar-refractivity contribution in [1.29, 1.82) is 0 Å². The Morgan fingerprint density at radius 1 is 1.36 bits per heavy atom. The third-order valence-corrected chi connectivity index (χ3v) is 3.53. The fraction of sp³-hybridized carbons (Fsp3) is 0.706. The quantitative estimate of drug-likeness (QED) is 0.351. The second kappa shape index (κ2) is 12.1. The van der Waals surface area contributed by atoms with E-state index in [1.54, 1.807) is 0 Å². The number of guanidine groups is 1. The van der Waals surface area contributed by atoms with Gasteiger partial charge in [-0.25, -0.2) is 4.99 Å². The topological polar surface area (TPSA) is 74.6 Å². The average Bonchev–Trinajstić information content (AvgIpc) is 2.89. The molecule has 0 unspecified atom stereocenters. The van der Waals surface area contributed by atoms with E-state index >= 15 is 0 Å². The van der Waals surface area contributed by atoms with E-state index in [1.165, 1.54) is 5.56 Å². The maximum Gasteiger partial charge on any atom is 0.241 e. The molecule has 1 rings (SSSR count). The number of hydrogen-bond acceptors (Lipinski definition) is 3. The van der Waals surface area contributed by atoms with Crippen LogP contribution in [0.3, 0.4) is 0 Å². The summed E-state index contributed by atoms with van der Waals surface area (Å²) in [5.41, 5.74) is 2.27. The predicted octanol–water partition coefficient (Wildman–Crippen LogP) is 2.08. The molecule has 0 spiro atoms. The fourth-order valence-electron chi connectivity index (χ4n) is 2.43. The normalized spacial score (nSPS) is 11.2. The number of halogens is 1. The van der Waals surface area contributed by atoms with Crippen LogP contribution in [0, 0.1) is 0 Å². The van der Waals surface area contributed by atoms with Crippen LogP contribution in [0.15, 0.2) is 11.2 Å². The van der Waals surface area contributed by atoms with Crippen molar-refractivity contribution in [2.24, 2.45) is 12.0 Å². The molecule has 7 nitrogen and oxygen atoms in total. The number of carbonyl (C=O) groups is 1. The number of nitrogens with one attached hydrogen (secondary N) is 2. The van der Waals surface area contributed by atoms with Gasteiger partial charge >= 0.3 is 0 Å². The molecule has 0 saturated carbocycles. The summed E-state index contributed by atoms with van der Waals surface area (Å²) in [7, 11) is 3.91. The highest BCUT2D eigenvalue weighted by molar-refractivity contribution is 14.0. The smallest absolute Gasteiger partial charge is 0.241 e. The molecule has 1 aromatic heterocycles. The Balaban J connectivity index is 0.00000576. The van der Waals surface area contributed by atoms with Gasteiger partial charge in [0.05, 0.1) is 5.69 Å². The first-order valence-electron chi connectivity index (χ1n) is 8.67. The SMILES string of the molecule is CCCNC(=O)CN=C(NCC)N(C)Cc1cn(C)nc1C(C)C.I. The molecule has 144 valence electrons. The molecule has 1 heterocycles. The van der Waals surface area contributed by atoms with Gasteiger partial charge < -0.3 is 15.5 Å². The Kier molecular flexibility index (Phi) is 11.5. The molecule has 2 N–H and O–H groups in total. The molecule has 1 aromatic rings. The van der Waals surface area contributed by atoms with Crippen molar-refractivity contribution < 1.29 is 4.79 Å². The van der Waals surface area contributed by atoms with Gasteiger partial charge in [-0.1, -0.05) is 20.8 Å². The lowest BCUT2D eigenvalue weighted by Crippen LogP contribution is -2.39. The van der Waals surface area contributed by atoms with Crippen LogP contribution in [0.2, 0.25) is 0 Å². The van der Waals surface area contributed by atoms with Gasteiger partial charge in [-0.3, -0.25) is 9.48 Å². The zero-order valence-electron chi connectivity index (χ0n) is 16.3. The number of nitrogens with zero attached hydrogens (tertiary/aromatic N) is 4. The summed E-state index contributed by atoms with van der Waals surface area (Å²) in [6, 6.07) is 0. The van der Waals surface area contributed by atoms with Crippen molar-refractivity contribution in [3.05, 3.63) is 17.5 Å². The van der Waals surface area contributed by atoms with Gasteiger partial charge in [0.1, 0.15) is 6.54 Å². The highest BCUT2D eigenvalue weighted by atomic mass is 127. The maximum absolute atomic E-state index is 11.8. The molecule has 0 aliphatic heterocycles. The van der Waals surface area contributed by atoms with Crippen LogP contribution in [-0.4, -0.2) is 53.2 Å². The van der Waals surface area contributed by atoms with Gasteiger partial charge in [0.2, 0.25) is 5.91 Å². The van der Waals surface area contributed by atoms with Gasteiger partial charge in [0.15, 0.2) is 5.96 Å². The van der Waals surface area contributed by atoms with Crippen molar-refractivity contribution in [2.75, 3.05) is 26.7 Å². The number of aryl methyl sites for hydroxylation is 1. The lowest BCUT2D eigenvalue weighted by molar-refractivity contribution is -0.119. The molecule has 0 atom stereocenters. The molecule has 0 aliphatic rings. The molecule has 0 bridgehead atoms. The zero-order valence-corrected chi connectivity index (χ0v) is 18.6. The second-order valence-electron chi connectivity index (χ2n) is 6.24. The Hall–Kier alpha value is -1.32. The van der Waals surface area contributed by atoms with E-state index in [1.807, 2.05) is 43.7 Å². The van der Waals surface area contributed by atoms with Crippen LogP contribution in [-0.2, 0) is 18.4 Å². The second-order valence-corrected chi connectivity index (χ2v) is 6.24. The van der Waals surface area contributed by atoms with Gasteiger partial charge in [0, 0.05) is 45.5 Å². The van der Waals surface area contributed by atoms with Crippen molar-refractivity contribution in [3.63, 3.8) is 0 Å². The van der Waals surface area contributed by atoms with E-state index < -0.39 is 0 Å². The van der Waals surface area contributed by atoms with Gasteiger partial charge in [-0.15, -0.1) is 24.0 Å². The zero-order chi connectivity index (χ0) is 18.1. The molecular weight excluding hydrogens is 431 g/mol. The van der Waals surface area contributed by atoms with E-state index in [0.717, 1.165) is 24.6 Å². The van der Waals surface area contributed by atoms with Gasteiger partial charge in [-0.2, -0.15) is 5.10 Å². The van der Waals surface area contributed by atoms with Crippen molar-refractivity contribution in [3.8, 4) is 0 Å². The minimum atomic E-state index is -0.0510. The summed E-state index contributed by atoms with van der Waals surface area (Å²) in [5, 5.41) is 10.6. The largest absolute Gasteiger partial charge is 0.357 e. The summed E-state index contributed by atoms with van der Waals surface area (Å²) < 4.78 is 1.85. The highest BCUT2D eigenvalue weighted by Crippen LogP contribution is 2.18. The number of carbonyl (C=O) groups excluding carboxylic acids is 1. The molecule has 25 heavy (non-hydrogen) atoms. The van der Waals surface area contributed by atoms with Crippen LogP contribution in [0.4, 0.5) is 0 Å². The van der Waals surface area contributed by atoms with Crippen molar-refractivity contribution >= 4 is 35.8 Å². The maximum atomic E-state index is 11.8. The lowest BCUT2D eigenvalue weighted by atomic mass is 10.1. The van der Waals surface area contributed by atoms with E-state index in [4.69, 9.17) is 0 Å². The summed E-state index contributed by atoms with van der Waals surface area (Å²) in [5.74, 6) is 1.04. The van der Waals surface area contributed by atoms with E-state index in [2.05, 4.69) is 34.6 Å². The molecule has 0 radical (unpaired) electrons. The Labute approximate surface area is 168 Å². The molecule has 0 fully saturated rings. The third-order valence-electron chi connectivity index (χ3n) is 3.53. The van der Waals surface area contributed by atoms with Crippen LogP contribution in [0.1, 0.15) is 51.3 Å². The first-order valence-corrected chi connectivity index (χ1v) is 8.67. The molecule has 1 amide bonds. The van der Waals surface area contributed by atoms with Crippen LogP contribution in [0.5, 0.6) is 0 Å². The summed E-state index contributed by atoms with van der Waals surface area (Å²) in [4.78, 5) is 18.2. The number of aliphatic imine (C=N–C) groups is 1. The Morgan fingerprint density at radius 2 is 2.04 bits per heavy atom. The first-order chi connectivity index (χ1) is 11.4.